The second-order valence-corrected chi connectivity index (χ2v) is 5.94. The summed E-state index contributed by atoms with van der Waals surface area (Å²) in [7, 11) is 0. The third kappa shape index (κ3) is 23.0. The van der Waals surface area contributed by atoms with Crippen molar-refractivity contribution in [2.24, 2.45) is 5.92 Å². The molecular weight excluding hydrogens is 396 g/mol. The Bertz CT molecular complexity index is 587. The van der Waals surface area contributed by atoms with Gasteiger partial charge in [-0.2, -0.15) is 0 Å². The van der Waals surface area contributed by atoms with Gasteiger partial charge in [-0.05, 0) is 38.8 Å². The average Bonchev–Trinajstić information content (AvgIpc) is 2.70. The zero-order valence-corrected chi connectivity index (χ0v) is 17.3. The normalized spacial score (nSPS) is 8.87. The van der Waals surface area contributed by atoms with Gasteiger partial charge in [-0.25, -0.2) is 14.4 Å². The van der Waals surface area contributed by atoms with E-state index in [0.29, 0.717) is 18.4 Å². The molecule has 0 unspecified atom stereocenters. The first-order valence-corrected chi connectivity index (χ1v) is 8.82. The maximum Gasteiger partial charge on any atom is 0.335 e. The second-order valence-electron chi connectivity index (χ2n) is 5.94. The predicted octanol–water partition coefficient (Wildman–Crippen LogP) is 2.04. The summed E-state index contributed by atoms with van der Waals surface area (Å²) in [6.07, 6.45) is 1.36. The molecule has 9 heteroatoms. The summed E-state index contributed by atoms with van der Waals surface area (Å²) >= 11 is 0. The number of aliphatic hydroxyl groups excluding tert-OH is 3. The number of aliphatic hydroxyl groups is 3. The molecule has 6 N–H and O–H groups in total. The fourth-order valence-electron chi connectivity index (χ4n) is 1.20. The zero-order valence-electron chi connectivity index (χ0n) is 17.3. The Morgan fingerprint density at radius 1 is 0.833 bits per heavy atom. The van der Waals surface area contributed by atoms with E-state index >= 15 is 0 Å². The molecule has 0 aliphatic rings. The van der Waals surface area contributed by atoms with Gasteiger partial charge in [-0.3, -0.25) is 0 Å². The third-order valence-electron chi connectivity index (χ3n) is 3.04. The van der Waals surface area contributed by atoms with Gasteiger partial charge >= 0.3 is 17.9 Å². The Hall–Kier alpha value is -3.01. The van der Waals surface area contributed by atoms with Crippen molar-refractivity contribution in [2.45, 2.75) is 26.7 Å². The second kappa shape index (κ2) is 20.7. The van der Waals surface area contributed by atoms with E-state index in [0.717, 1.165) is 0 Å². The van der Waals surface area contributed by atoms with Crippen molar-refractivity contribution < 1.29 is 45.0 Å². The van der Waals surface area contributed by atoms with E-state index in [1.54, 1.807) is 30.3 Å². The van der Waals surface area contributed by atoms with Crippen LogP contribution in [0, 0.1) is 5.92 Å². The molecule has 1 aromatic carbocycles. The first kappa shape index (κ1) is 31.7. The molecular formula is C21H32O9. The van der Waals surface area contributed by atoms with Crippen LogP contribution >= 0.6 is 0 Å². The van der Waals surface area contributed by atoms with Crippen molar-refractivity contribution in [1.29, 1.82) is 0 Å². The first-order valence-electron chi connectivity index (χ1n) is 8.82. The number of hydrogen-bond acceptors (Lipinski definition) is 6. The van der Waals surface area contributed by atoms with Gasteiger partial charge in [-0.15, -0.1) is 0 Å². The lowest BCUT2D eigenvalue weighted by molar-refractivity contribution is -0.133. The SMILES string of the molecule is C=C(C)C(=O)O.C=C(C)C(=O)O.O=C(O)c1ccccc1.OCCCC(CO)CO. The Kier molecular flexibility index (Phi) is 21.9. The molecule has 0 aliphatic heterocycles. The highest BCUT2D eigenvalue weighted by Gasteiger charge is 2.03. The summed E-state index contributed by atoms with van der Waals surface area (Å²) in [6.45, 7) is 9.36. The smallest absolute Gasteiger partial charge is 0.335 e. The fraction of sp³-hybridized carbons (Fsp3) is 0.381. The highest BCUT2D eigenvalue weighted by molar-refractivity contribution is 5.87. The summed E-state index contributed by atoms with van der Waals surface area (Å²) < 4.78 is 0. The molecule has 0 radical (unpaired) electrons. The molecule has 0 aliphatic carbocycles. The van der Waals surface area contributed by atoms with Crippen LogP contribution in [0.2, 0.25) is 0 Å². The van der Waals surface area contributed by atoms with Gasteiger partial charge < -0.3 is 30.6 Å². The molecule has 30 heavy (non-hydrogen) atoms. The topological polar surface area (TPSA) is 173 Å². The highest BCUT2D eigenvalue weighted by atomic mass is 16.4. The lowest BCUT2D eigenvalue weighted by Crippen LogP contribution is -2.11. The molecule has 0 spiro atoms. The zero-order chi connectivity index (χ0) is 24.1. The minimum Gasteiger partial charge on any atom is -0.478 e. The van der Waals surface area contributed by atoms with E-state index in [2.05, 4.69) is 13.2 Å². The van der Waals surface area contributed by atoms with Crippen LogP contribution in [-0.4, -0.2) is 68.4 Å². The number of carbonyl (C=O) groups is 3. The van der Waals surface area contributed by atoms with Gasteiger partial charge in [0.2, 0.25) is 0 Å². The van der Waals surface area contributed by atoms with Gasteiger partial charge in [0.05, 0.1) is 5.56 Å². The van der Waals surface area contributed by atoms with Crippen LogP contribution in [0.3, 0.4) is 0 Å². The van der Waals surface area contributed by atoms with Crippen LogP contribution in [0.1, 0.15) is 37.0 Å². The number of benzene rings is 1. The maximum atomic E-state index is 10.2. The molecule has 0 aromatic heterocycles. The molecule has 0 bridgehead atoms. The van der Waals surface area contributed by atoms with Crippen molar-refractivity contribution in [3.8, 4) is 0 Å². The summed E-state index contributed by atoms with van der Waals surface area (Å²) in [4.78, 5) is 29.4. The minimum atomic E-state index is -0.935. The van der Waals surface area contributed by atoms with E-state index in [1.165, 1.54) is 13.8 Å². The minimum absolute atomic E-state index is 0.0104. The van der Waals surface area contributed by atoms with E-state index < -0.39 is 17.9 Å². The summed E-state index contributed by atoms with van der Waals surface area (Å²) in [5.74, 6) is -2.79. The van der Waals surface area contributed by atoms with E-state index in [1.807, 2.05) is 0 Å². The van der Waals surface area contributed by atoms with Crippen molar-refractivity contribution in [3.05, 3.63) is 60.2 Å². The van der Waals surface area contributed by atoms with Crippen LogP contribution in [0.4, 0.5) is 0 Å². The molecule has 9 nitrogen and oxygen atoms in total. The Balaban J connectivity index is -0.000000331. The quantitative estimate of drug-likeness (QED) is 0.339. The van der Waals surface area contributed by atoms with Gasteiger partial charge in [0, 0.05) is 36.9 Å². The molecule has 1 aromatic rings. The number of aromatic carboxylic acids is 1. The number of rotatable bonds is 8. The molecule has 1 rings (SSSR count). The number of carboxylic acids is 3. The lowest BCUT2D eigenvalue weighted by Gasteiger charge is -2.07. The van der Waals surface area contributed by atoms with Crippen molar-refractivity contribution in [3.63, 3.8) is 0 Å². The highest BCUT2D eigenvalue weighted by Crippen LogP contribution is 2.02. The van der Waals surface area contributed by atoms with Crippen molar-refractivity contribution >= 4 is 17.9 Å². The monoisotopic (exact) mass is 428 g/mol. The summed E-state index contributed by atoms with van der Waals surface area (Å²) in [5, 5.41) is 49.5. The fourth-order valence-corrected chi connectivity index (χ4v) is 1.20. The lowest BCUT2D eigenvalue weighted by atomic mass is 10.1. The first-order chi connectivity index (χ1) is 13.9. The number of hydrogen-bond donors (Lipinski definition) is 6. The van der Waals surface area contributed by atoms with Crippen LogP contribution in [0.25, 0.3) is 0 Å². The van der Waals surface area contributed by atoms with E-state index in [9.17, 15) is 14.4 Å². The molecule has 0 atom stereocenters. The average molecular weight is 428 g/mol. The van der Waals surface area contributed by atoms with Crippen LogP contribution in [0.15, 0.2) is 54.6 Å². The molecule has 0 fully saturated rings. The molecule has 0 amide bonds. The molecule has 170 valence electrons. The molecule has 0 saturated heterocycles. The van der Waals surface area contributed by atoms with Gasteiger partial charge in [-0.1, -0.05) is 31.4 Å². The Labute approximate surface area is 176 Å². The third-order valence-corrected chi connectivity index (χ3v) is 3.04. The number of aliphatic carboxylic acids is 2. The Morgan fingerprint density at radius 2 is 1.20 bits per heavy atom. The number of carboxylic acid groups (broad SMARTS) is 3. The maximum absolute atomic E-state index is 10.2. The predicted molar refractivity (Wildman–Crippen MR) is 112 cm³/mol. The standard InChI is InChI=1S/C7H6O2.C6H14O3.2C4H6O2/c8-7(9)6-4-2-1-3-5-6;7-3-1-2-6(4-8)5-9;2*1-3(2)4(5)6/h1-5H,(H,8,9);6-9H,1-5H2;2*1H2,2H3,(H,5,6). The molecule has 0 saturated carbocycles. The van der Waals surface area contributed by atoms with E-state index in [4.69, 9.17) is 30.6 Å². The van der Waals surface area contributed by atoms with Crippen LogP contribution < -0.4 is 0 Å². The van der Waals surface area contributed by atoms with Crippen molar-refractivity contribution in [1.82, 2.24) is 0 Å². The molecule has 0 heterocycles. The van der Waals surface area contributed by atoms with E-state index in [-0.39, 0.29) is 36.9 Å². The van der Waals surface area contributed by atoms with Gasteiger partial charge in [0.25, 0.3) is 0 Å². The Morgan fingerprint density at radius 3 is 1.40 bits per heavy atom. The van der Waals surface area contributed by atoms with Gasteiger partial charge in [0.1, 0.15) is 0 Å². The van der Waals surface area contributed by atoms with Crippen LogP contribution in [0.5, 0.6) is 0 Å². The summed E-state index contributed by atoms with van der Waals surface area (Å²) in [6, 6.07) is 8.30. The van der Waals surface area contributed by atoms with Crippen molar-refractivity contribution in [2.75, 3.05) is 19.8 Å². The van der Waals surface area contributed by atoms with Crippen LogP contribution in [-0.2, 0) is 9.59 Å². The van der Waals surface area contributed by atoms with Gasteiger partial charge in [0.15, 0.2) is 0 Å². The largest absolute Gasteiger partial charge is 0.478 e. The summed E-state index contributed by atoms with van der Waals surface area (Å²) in [5.41, 5.74) is 0.683.